The van der Waals surface area contributed by atoms with Crippen molar-refractivity contribution < 1.29 is 14.6 Å². The van der Waals surface area contributed by atoms with Gasteiger partial charge in [-0.25, -0.2) is 0 Å². The van der Waals surface area contributed by atoms with Gasteiger partial charge in [-0.1, -0.05) is 23.2 Å². The van der Waals surface area contributed by atoms with Gasteiger partial charge < -0.3 is 14.7 Å². The van der Waals surface area contributed by atoms with Gasteiger partial charge >= 0.3 is 0 Å². The minimum Gasteiger partial charge on any atom is -0.388 e. The van der Waals surface area contributed by atoms with Gasteiger partial charge in [-0.3, -0.25) is 4.79 Å². The lowest BCUT2D eigenvalue weighted by Crippen LogP contribution is -2.50. The molecule has 1 saturated heterocycles. The van der Waals surface area contributed by atoms with Crippen LogP contribution >= 0.6 is 23.2 Å². The molecule has 116 valence electrons. The number of carbonyl (C=O) groups is 1. The molecular formula is C15H19Cl2NO3. The third kappa shape index (κ3) is 4.58. The molecule has 1 atom stereocenters. The topological polar surface area (TPSA) is 49.8 Å². The maximum absolute atomic E-state index is 12.3. The van der Waals surface area contributed by atoms with E-state index in [1.165, 1.54) is 0 Å². The molecule has 0 spiro atoms. The van der Waals surface area contributed by atoms with Crippen LogP contribution in [0, 0.1) is 0 Å². The van der Waals surface area contributed by atoms with Crippen molar-refractivity contribution in [2.45, 2.75) is 32.0 Å². The molecule has 21 heavy (non-hydrogen) atoms. The number of halogens is 2. The van der Waals surface area contributed by atoms with Gasteiger partial charge in [0.25, 0.3) is 0 Å². The Balaban J connectivity index is 2.01. The van der Waals surface area contributed by atoms with Gasteiger partial charge in [0.15, 0.2) is 0 Å². The van der Waals surface area contributed by atoms with Crippen LogP contribution in [0.5, 0.6) is 0 Å². The summed E-state index contributed by atoms with van der Waals surface area (Å²) in [5.74, 6) is -0.102. The van der Waals surface area contributed by atoms with Gasteiger partial charge in [-0.2, -0.15) is 0 Å². The Bertz CT molecular complexity index is 513. The molecule has 4 nitrogen and oxygen atoms in total. The number of morpholine rings is 1. The van der Waals surface area contributed by atoms with Gasteiger partial charge in [0.1, 0.15) is 0 Å². The number of aliphatic hydroxyl groups excluding tert-OH is 1. The van der Waals surface area contributed by atoms with Crippen molar-refractivity contribution in [3.05, 3.63) is 33.8 Å². The Kier molecular flexibility index (Phi) is 5.15. The van der Waals surface area contributed by atoms with E-state index in [0.29, 0.717) is 35.3 Å². The van der Waals surface area contributed by atoms with E-state index in [9.17, 15) is 9.90 Å². The fourth-order valence-corrected chi connectivity index (χ4v) is 2.95. The van der Waals surface area contributed by atoms with E-state index in [2.05, 4.69) is 0 Å². The molecule has 1 fully saturated rings. The largest absolute Gasteiger partial charge is 0.388 e. The highest BCUT2D eigenvalue weighted by Crippen LogP contribution is 2.26. The van der Waals surface area contributed by atoms with E-state index in [4.69, 9.17) is 27.9 Å². The van der Waals surface area contributed by atoms with Crippen LogP contribution in [-0.4, -0.2) is 41.2 Å². The molecule has 0 saturated carbocycles. The summed E-state index contributed by atoms with van der Waals surface area (Å²) < 4.78 is 5.58. The molecule has 0 bridgehead atoms. The number of amides is 1. The van der Waals surface area contributed by atoms with Crippen LogP contribution in [0.4, 0.5) is 0 Å². The summed E-state index contributed by atoms with van der Waals surface area (Å²) in [5, 5.41) is 11.1. The molecule has 0 aliphatic carbocycles. The van der Waals surface area contributed by atoms with Crippen LogP contribution in [-0.2, 0) is 9.53 Å². The fourth-order valence-electron chi connectivity index (χ4n) is 2.41. The molecule has 6 heteroatoms. The third-order valence-electron chi connectivity index (χ3n) is 3.42. The molecule has 1 N–H and O–H groups in total. The van der Waals surface area contributed by atoms with Crippen LogP contribution in [0.15, 0.2) is 18.2 Å². The Morgan fingerprint density at radius 3 is 2.57 bits per heavy atom. The first kappa shape index (κ1) is 16.6. The third-order valence-corrected chi connectivity index (χ3v) is 3.85. The van der Waals surface area contributed by atoms with Gasteiger partial charge in [0.05, 0.1) is 24.7 Å². The first-order chi connectivity index (χ1) is 9.77. The van der Waals surface area contributed by atoms with Gasteiger partial charge in [0.2, 0.25) is 5.91 Å². The van der Waals surface area contributed by atoms with Crippen molar-refractivity contribution in [1.82, 2.24) is 4.90 Å². The molecule has 2 rings (SSSR count). The fraction of sp³-hybridized carbons (Fsp3) is 0.533. The van der Waals surface area contributed by atoms with E-state index in [0.717, 1.165) is 0 Å². The molecule has 1 unspecified atom stereocenters. The average Bonchev–Trinajstić information content (AvgIpc) is 2.36. The Morgan fingerprint density at radius 1 is 1.38 bits per heavy atom. The Morgan fingerprint density at radius 2 is 2.00 bits per heavy atom. The Hall–Kier alpha value is -0.810. The van der Waals surface area contributed by atoms with Crippen molar-refractivity contribution in [1.29, 1.82) is 0 Å². The smallest absolute Gasteiger partial charge is 0.225 e. The highest BCUT2D eigenvalue weighted by molar-refractivity contribution is 6.34. The number of benzene rings is 1. The summed E-state index contributed by atoms with van der Waals surface area (Å²) in [5.41, 5.74) is 0.200. The van der Waals surface area contributed by atoms with Crippen LogP contribution in [0.2, 0.25) is 10.0 Å². The summed E-state index contributed by atoms with van der Waals surface area (Å²) >= 11 is 11.8. The Labute approximate surface area is 134 Å². The molecule has 1 aliphatic rings. The lowest BCUT2D eigenvalue weighted by molar-refractivity contribution is -0.147. The molecular weight excluding hydrogens is 313 g/mol. The number of hydrogen-bond donors (Lipinski definition) is 1. The minimum absolute atomic E-state index is 0.00670. The molecule has 0 aromatic heterocycles. The zero-order valence-electron chi connectivity index (χ0n) is 12.1. The monoisotopic (exact) mass is 331 g/mol. The van der Waals surface area contributed by atoms with Crippen molar-refractivity contribution in [3.8, 4) is 0 Å². The van der Waals surface area contributed by atoms with E-state index in [1.54, 1.807) is 23.1 Å². The second-order valence-corrected chi connectivity index (χ2v) is 6.72. The number of rotatable bonds is 3. The highest BCUT2D eigenvalue weighted by atomic mass is 35.5. The quantitative estimate of drug-likeness (QED) is 0.926. The molecule has 1 aromatic carbocycles. The van der Waals surface area contributed by atoms with Crippen LogP contribution in [0.1, 0.15) is 31.9 Å². The first-order valence-corrected chi connectivity index (χ1v) is 7.58. The van der Waals surface area contributed by atoms with Crippen LogP contribution in [0.25, 0.3) is 0 Å². The number of nitrogens with zero attached hydrogens (tertiary/aromatic N) is 1. The molecule has 0 radical (unpaired) electrons. The van der Waals surface area contributed by atoms with Crippen molar-refractivity contribution in [3.63, 3.8) is 0 Å². The predicted octanol–water partition coefficient (Wildman–Crippen LogP) is 3.05. The summed E-state index contributed by atoms with van der Waals surface area (Å²) in [7, 11) is 0. The van der Waals surface area contributed by atoms with Crippen molar-refractivity contribution in [2.75, 3.05) is 19.7 Å². The second-order valence-electron chi connectivity index (χ2n) is 5.85. The maximum Gasteiger partial charge on any atom is 0.225 e. The first-order valence-electron chi connectivity index (χ1n) is 6.83. The molecule has 1 heterocycles. The van der Waals surface area contributed by atoms with Crippen LogP contribution in [0.3, 0.4) is 0 Å². The zero-order valence-corrected chi connectivity index (χ0v) is 13.6. The number of hydrogen-bond acceptors (Lipinski definition) is 3. The van der Waals surface area contributed by atoms with Crippen LogP contribution < -0.4 is 0 Å². The molecule has 1 aliphatic heterocycles. The number of ether oxygens (including phenoxy) is 1. The van der Waals surface area contributed by atoms with Crippen molar-refractivity contribution in [2.24, 2.45) is 0 Å². The van der Waals surface area contributed by atoms with E-state index in [-0.39, 0.29) is 17.9 Å². The molecule has 1 amide bonds. The number of carbonyl (C=O) groups excluding carboxylic acids is 1. The minimum atomic E-state index is -0.917. The standard InChI is InChI=1S/C15H19Cl2NO3/c1-15(2)9-18(3-4-21-15)14(20)8-13(19)10-5-11(16)7-12(17)6-10/h5-7,13,19H,3-4,8-9H2,1-2H3. The maximum atomic E-state index is 12.3. The lowest BCUT2D eigenvalue weighted by Gasteiger charge is -2.38. The summed E-state index contributed by atoms with van der Waals surface area (Å²) in [6.45, 7) is 5.47. The zero-order chi connectivity index (χ0) is 15.6. The highest BCUT2D eigenvalue weighted by Gasteiger charge is 2.30. The SMILES string of the molecule is CC1(C)CN(C(=O)CC(O)c2cc(Cl)cc(Cl)c2)CCO1. The summed E-state index contributed by atoms with van der Waals surface area (Å²) in [4.78, 5) is 14.0. The molecule has 1 aromatic rings. The average molecular weight is 332 g/mol. The van der Waals surface area contributed by atoms with E-state index in [1.807, 2.05) is 13.8 Å². The van der Waals surface area contributed by atoms with Gasteiger partial charge in [-0.05, 0) is 37.6 Å². The lowest BCUT2D eigenvalue weighted by atomic mass is 10.0. The number of aliphatic hydroxyl groups is 1. The predicted molar refractivity (Wildman–Crippen MR) is 82.6 cm³/mol. The van der Waals surface area contributed by atoms with E-state index >= 15 is 0 Å². The van der Waals surface area contributed by atoms with Crippen molar-refractivity contribution >= 4 is 29.1 Å². The summed E-state index contributed by atoms with van der Waals surface area (Å²) in [6.07, 6.45) is -0.910. The van der Waals surface area contributed by atoms with E-state index < -0.39 is 6.10 Å². The van der Waals surface area contributed by atoms with Gasteiger partial charge in [-0.15, -0.1) is 0 Å². The normalized spacial score (nSPS) is 19.4. The van der Waals surface area contributed by atoms with Gasteiger partial charge in [0, 0.05) is 23.1 Å². The second kappa shape index (κ2) is 6.53. The summed E-state index contributed by atoms with van der Waals surface area (Å²) in [6, 6.07) is 4.83.